The van der Waals surface area contributed by atoms with Crippen molar-refractivity contribution in [2.75, 3.05) is 38.2 Å². The van der Waals surface area contributed by atoms with Gasteiger partial charge in [0.25, 0.3) is 0 Å². The number of nitrogens with zero attached hydrogens (tertiary/aromatic N) is 5. The van der Waals surface area contributed by atoms with E-state index in [-0.39, 0.29) is 0 Å². The minimum atomic E-state index is -4.38. The Kier molecular flexibility index (Phi) is 6.02. The molecule has 0 unspecified atom stereocenters. The normalized spacial score (nSPS) is 16.0. The number of nitrogens with one attached hydrogen (secondary N) is 1. The number of alkyl halides is 3. The molecule has 0 radical (unpaired) electrons. The molecule has 0 saturated carbocycles. The van der Waals surface area contributed by atoms with Crippen LogP contribution in [0.4, 0.5) is 24.7 Å². The fourth-order valence-electron chi connectivity index (χ4n) is 2.59. The Balaban J connectivity index is 1.70. The maximum atomic E-state index is 12.7. The van der Waals surface area contributed by atoms with E-state index in [2.05, 4.69) is 19.2 Å². The van der Waals surface area contributed by atoms with Crippen LogP contribution in [0.2, 0.25) is 5.15 Å². The maximum absolute atomic E-state index is 12.7. The van der Waals surface area contributed by atoms with E-state index in [1.54, 1.807) is 0 Å². The van der Waals surface area contributed by atoms with Crippen LogP contribution in [-0.2, 0) is 11.0 Å². The van der Waals surface area contributed by atoms with Crippen molar-refractivity contribution in [3.63, 3.8) is 0 Å². The highest BCUT2D eigenvalue weighted by Gasteiger charge is 2.30. The lowest BCUT2D eigenvalue weighted by molar-refractivity contribution is -0.137. The number of guanidine groups is 1. The van der Waals surface area contributed by atoms with Gasteiger partial charge in [-0.25, -0.2) is 10.5 Å². The van der Waals surface area contributed by atoms with Crippen LogP contribution < -0.4 is 10.4 Å². The van der Waals surface area contributed by atoms with Gasteiger partial charge < -0.3 is 9.80 Å². The van der Waals surface area contributed by atoms with Crippen molar-refractivity contribution in [1.82, 2.24) is 19.1 Å². The molecule has 7 nitrogen and oxygen atoms in total. The molecule has 1 fully saturated rings. The minimum absolute atomic E-state index is 0.377. The zero-order chi connectivity index (χ0) is 19.4. The molecule has 1 aromatic heterocycles. The molecule has 0 amide bonds. The Morgan fingerprint density at radius 2 is 1.85 bits per heavy atom. The second-order valence-corrected chi connectivity index (χ2v) is 6.53. The van der Waals surface area contributed by atoms with E-state index in [0.717, 1.165) is 23.9 Å². The number of piperazine rings is 1. The first-order valence-electron chi connectivity index (χ1n) is 7.91. The largest absolute Gasteiger partial charge is 0.416 e. The fourth-order valence-corrected chi connectivity index (χ4v) is 3.37. The van der Waals surface area contributed by atoms with Crippen molar-refractivity contribution in [1.29, 1.82) is 0 Å². The summed E-state index contributed by atoms with van der Waals surface area (Å²) in [5.41, 5.74) is 2.36. The van der Waals surface area contributed by atoms with Gasteiger partial charge in [-0.15, -0.1) is 0 Å². The number of rotatable bonds is 3. The van der Waals surface area contributed by atoms with E-state index >= 15 is 0 Å². The SMILES string of the molecule is CONC(=Nc1ccc(C(F)(F)F)cc1)N1CCN(c2nsnc2Cl)CC1. The molecule has 12 heteroatoms. The lowest BCUT2D eigenvalue weighted by Gasteiger charge is -2.36. The number of anilines is 1. The number of aromatic nitrogens is 2. The average molecular weight is 421 g/mol. The highest BCUT2D eigenvalue weighted by molar-refractivity contribution is 6.99. The van der Waals surface area contributed by atoms with Gasteiger partial charge in [0.1, 0.15) is 0 Å². The summed E-state index contributed by atoms with van der Waals surface area (Å²) in [6, 6.07) is 4.63. The molecule has 1 aliphatic rings. The Bertz CT molecular complexity index is 790. The van der Waals surface area contributed by atoms with Crippen molar-refractivity contribution in [3.8, 4) is 0 Å². The van der Waals surface area contributed by atoms with E-state index in [9.17, 15) is 13.2 Å². The molecular formula is C15H16ClF3N6OS. The number of hydrogen-bond acceptors (Lipinski definition) is 6. The smallest absolute Gasteiger partial charge is 0.350 e. The minimum Gasteiger partial charge on any atom is -0.350 e. The van der Waals surface area contributed by atoms with Crippen LogP contribution in [0.3, 0.4) is 0 Å². The summed E-state index contributed by atoms with van der Waals surface area (Å²) in [5.74, 6) is 1.07. The Morgan fingerprint density at radius 1 is 1.19 bits per heavy atom. The molecule has 1 aliphatic heterocycles. The first-order valence-corrected chi connectivity index (χ1v) is 9.02. The third-order valence-electron chi connectivity index (χ3n) is 3.93. The van der Waals surface area contributed by atoms with Gasteiger partial charge in [-0.3, -0.25) is 4.84 Å². The Hall–Kier alpha value is -2.11. The highest BCUT2D eigenvalue weighted by Crippen LogP contribution is 2.30. The van der Waals surface area contributed by atoms with Crippen LogP contribution in [0.1, 0.15) is 5.56 Å². The van der Waals surface area contributed by atoms with Gasteiger partial charge in [0.2, 0.25) is 5.96 Å². The Morgan fingerprint density at radius 3 is 2.37 bits per heavy atom. The molecule has 3 rings (SSSR count). The third-order valence-corrected chi connectivity index (χ3v) is 4.81. The molecule has 0 spiro atoms. The molecular weight excluding hydrogens is 405 g/mol. The van der Waals surface area contributed by atoms with Crippen molar-refractivity contribution < 1.29 is 18.0 Å². The molecule has 2 aromatic rings. The number of benzene rings is 1. The lowest BCUT2D eigenvalue weighted by Crippen LogP contribution is -2.52. The van der Waals surface area contributed by atoms with Crippen LogP contribution in [-0.4, -0.2) is 52.9 Å². The zero-order valence-corrected chi connectivity index (χ0v) is 15.8. The van der Waals surface area contributed by atoms with Gasteiger partial charge >= 0.3 is 6.18 Å². The molecule has 2 heterocycles. The number of hydroxylamine groups is 1. The summed E-state index contributed by atoms with van der Waals surface area (Å²) in [6.45, 7) is 2.48. The number of halogens is 4. The van der Waals surface area contributed by atoms with Crippen molar-refractivity contribution >= 4 is 40.8 Å². The van der Waals surface area contributed by atoms with Crippen LogP contribution in [0.5, 0.6) is 0 Å². The molecule has 0 aliphatic carbocycles. The van der Waals surface area contributed by atoms with E-state index in [1.807, 2.05) is 9.80 Å². The molecule has 0 atom stereocenters. The van der Waals surface area contributed by atoms with Gasteiger partial charge in [-0.05, 0) is 24.3 Å². The molecule has 0 bridgehead atoms. The van der Waals surface area contributed by atoms with E-state index in [1.165, 1.54) is 19.2 Å². The summed E-state index contributed by atoms with van der Waals surface area (Å²) < 4.78 is 46.2. The van der Waals surface area contributed by atoms with Crippen LogP contribution in [0.25, 0.3) is 0 Å². The molecule has 1 saturated heterocycles. The zero-order valence-electron chi connectivity index (χ0n) is 14.2. The van der Waals surface area contributed by atoms with Gasteiger partial charge in [-0.1, -0.05) is 11.6 Å². The van der Waals surface area contributed by atoms with Gasteiger partial charge in [-0.2, -0.15) is 21.9 Å². The van der Waals surface area contributed by atoms with Crippen molar-refractivity contribution in [2.24, 2.45) is 4.99 Å². The predicted molar refractivity (Wildman–Crippen MR) is 97.4 cm³/mol. The summed E-state index contributed by atoms with van der Waals surface area (Å²) >= 11 is 7.08. The molecule has 27 heavy (non-hydrogen) atoms. The quantitative estimate of drug-likeness (QED) is 0.467. The second-order valence-electron chi connectivity index (χ2n) is 5.64. The highest BCUT2D eigenvalue weighted by atomic mass is 35.5. The van der Waals surface area contributed by atoms with Crippen molar-refractivity contribution in [3.05, 3.63) is 35.0 Å². The fraction of sp³-hybridized carbons (Fsp3) is 0.400. The maximum Gasteiger partial charge on any atom is 0.416 e. The monoisotopic (exact) mass is 420 g/mol. The first kappa shape index (κ1) is 19.6. The second kappa shape index (κ2) is 8.28. The van der Waals surface area contributed by atoms with Crippen LogP contribution >= 0.6 is 23.3 Å². The predicted octanol–water partition coefficient (Wildman–Crippen LogP) is 3.17. The van der Waals surface area contributed by atoms with E-state index < -0.39 is 11.7 Å². The molecule has 1 aromatic carbocycles. The van der Waals surface area contributed by atoms with Crippen LogP contribution in [0.15, 0.2) is 29.3 Å². The summed E-state index contributed by atoms with van der Waals surface area (Å²) in [5, 5.41) is 0.377. The van der Waals surface area contributed by atoms with E-state index in [4.69, 9.17) is 16.4 Å². The topological polar surface area (TPSA) is 65.9 Å². The first-order chi connectivity index (χ1) is 12.9. The number of hydrogen-bond donors (Lipinski definition) is 1. The van der Waals surface area contributed by atoms with Crippen LogP contribution in [0, 0.1) is 0 Å². The van der Waals surface area contributed by atoms with E-state index in [0.29, 0.717) is 48.8 Å². The summed E-state index contributed by atoms with van der Waals surface area (Å²) in [4.78, 5) is 13.3. The third kappa shape index (κ3) is 4.79. The Labute approximate surface area is 162 Å². The van der Waals surface area contributed by atoms with Gasteiger partial charge in [0.15, 0.2) is 11.0 Å². The molecule has 1 N–H and O–H groups in total. The standard InChI is InChI=1S/C15H16ClF3N6OS/c1-26-21-14(20-11-4-2-10(3-5-11)15(17,18)19)25-8-6-24(7-9-25)13-12(16)22-27-23-13/h2-5H,6-9H2,1H3,(H,20,21). The van der Waals surface area contributed by atoms with Gasteiger partial charge in [0, 0.05) is 26.2 Å². The summed E-state index contributed by atoms with van der Waals surface area (Å²) in [7, 11) is 1.44. The summed E-state index contributed by atoms with van der Waals surface area (Å²) in [6.07, 6.45) is -4.38. The lowest BCUT2D eigenvalue weighted by atomic mass is 10.2. The molecule has 146 valence electrons. The average Bonchev–Trinajstić information content (AvgIpc) is 3.07. The number of aliphatic imine (C=N–C) groups is 1. The van der Waals surface area contributed by atoms with Gasteiger partial charge in [0.05, 0.1) is 30.1 Å². The van der Waals surface area contributed by atoms with Crippen molar-refractivity contribution in [2.45, 2.75) is 6.18 Å².